The minimum atomic E-state index is 0.112. The van der Waals surface area contributed by atoms with Crippen LogP contribution in [0.5, 0.6) is 0 Å². The number of allylic oxidation sites excluding steroid dienone is 2. The van der Waals surface area contributed by atoms with E-state index in [0.29, 0.717) is 11.8 Å². The third-order valence-electron chi connectivity index (χ3n) is 5.89. The molecule has 3 atom stereocenters. The molecule has 0 spiro atoms. The van der Waals surface area contributed by atoms with Crippen molar-refractivity contribution in [1.29, 1.82) is 0 Å². The number of nitrogens with one attached hydrogen (secondary N) is 1. The van der Waals surface area contributed by atoms with Crippen LogP contribution in [-0.2, 0) is 0 Å². The summed E-state index contributed by atoms with van der Waals surface area (Å²) >= 11 is 6.07. The molecule has 4 rings (SSSR count). The smallest absolute Gasteiger partial charge is 0.253 e. The zero-order valence-corrected chi connectivity index (χ0v) is 16.5. The van der Waals surface area contributed by atoms with Crippen LogP contribution in [0.3, 0.4) is 0 Å². The summed E-state index contributed by atoms with van der Waals surface area (Å²) in [6.07, 6.45) is 5.62. The minimum Gasteiger partial charge on any atom is -0.378 e. The van der Waals surface area contributed by atoms with Crippen LogP contribution in [-0.4, -0.2) is 23.9 Å². The highest BCUT2D eigenvalue weighted by Gasteiger charge is 2.38. The van der Waals surface area contributed by atoms with Gasteiger partial charge in [-0.15, -0.1) is 0 Å². The molecule has 1 amide bonds. The number of carbonyl (C=O) groups excluding carboxylic acids is 1. The van der Waals surface area contributed by atoms with Gasteiger partial charge in [-0.2, -0.15) is 0 Å². The highest BCUT2D eigenvalue weighted by Crippen LogP contribution is 2.50. The molecule has 0 fully saturated rings. The number of amides is 1. The molecule has 3 nitrogen and oxygen atoms in total. The monoisotopic (exact) mass is 380 g/mol. The summed E-state index contributed by atoms with van der Waals surface area (Å²) in [7, 11) is 0. The van der Waals surface area contributed by atoms with Crippen molar-refractivity contribution in [2.75, 3.05) is 18.4 Å². The van der Waals surface area contributed by atoms with Gasteiger partial charge >= 0.3 is 0 Å². The van der Waals surface area contributed by atoms with E-state index in [0.717, 1.165) is 35.8 Å². The lowest BCUT2D eigenvalue weighted by Crippen LogP contribution is -2.32. The van der Waals surface area contributed by atoms with Gasteiger partial charge in [0.1, 0.15) is 0 Å². The summed E-state index contributed by atoms with van der Waals surface area (Å²) in [4.78, 5) is 14.6. The summed E-state index contributed by atoms with van der Waals surface area (Å²) in [6.45, 7) is 5.51. The van der Waals surface area contributed by atoms with Crippen molar-refractivity contribution < 1.29 is 4.79 Å². The zero-order chi connectivity index (χ0) is 19.0. The first-order valence-electron chi connectivity index (χ1n) is 9.74. The van der Waals surface area contributed by atoms with E-state index in [4.69, 9.17) is 11.6 Å². The Hall–Kier alpha value is -2.26. The van der Waals surface area contributed by atoms with E-state index < -0.39 is 0 Å². The molecule has 4 heteroatoms. The van der Waals surface area contributed by atoms with Gasteiger partial charge in [0.2, 0.25) is 0 Å². The van der Waals surface area contributed by atoms with Crippen molar-refractivity contribution >= 4 is 23.2 Å². The molecule has 0 unspecified atom stereocenters. The summed E-state index contributed by atoms with van der Waals surface area (Å²) < 4.78 is 0. The lowest BCUT2D eigenvalue weighted by molar-refractivity contribution is 0.0773. The van der Waals surface area contributed by atoms with Crippen molar-refractivity contribution in [1.82, 2.24) is 4.90 Å². The Bertz CT molecular complexity index is 870. The first kappa shape index (κ1) is 18.1. The number of hydrogen-bond acceptors (Lipinski definition) is 2. The van der Waals surface area contributed by atoms with Crippen molar-refractivity contribution in [3.05, 3.63) is 76.3 Å². The molecule has 1 heterocycles. The Balaban J connectivity index is 1.69. The largest absolute Gasteiger partial charge is 0.378 e. The quantitative estimate of drug-likeness (QED) is 0.695. The summed E-state index contributed by atoms with van der Waals surface area (Å²) in [5.74, 6) is 0.907. The van der Waals surface area contributed by atoms with Gasteiger partial charge in [-0.1, -0.05) is 35.9 Å². The first-order chi connectivity index (χ1) is 13.1. The average Bonchev–Trinajstić information content (AvgIpc) is 3.19. The maximum Gasteiger partial charge on any atom is 0.253 e. The fourth-order valence-corrected chi connectivity index (χ4v) is 4.55. The Kier molecular flexibility index (Phi) is 4.96. The van der Waals surface area contributed by atoms with Crippen LogP contribution in [0, 0.1) is 5.92 Å². The molecule has 1 N–H and O–H groups in total. The molecule has 140 valence electrons. The topological polar surface area (TPSA) is 32.3 Å². The molecule has 0 saturated heterocycles. The van der Waals surface area contributed by atoms with Gasteiger partial charge in [0.15, 0.2) is 0 Å². The number of hydrogen-bond donors (Lipinski definition) is 1. The van der Waals surface area contributed by atoms with Crippen LogP contribution in [0.25, 0.3) is 0 Å². The van der Waals surface area contributed by atoms with E-state index in [-0.39, 0.29) is 11.9 Å². The summed E-state index contributed by atoms with van der Waals surface area (Å²) in [5, 5.41) is 4.48. The number of fused-ring (bicyclic) bond motifs is 3. The van der Waals surface area contributed by atoms with Crippen LogP contribution in [0.1, 0.15) is 53.7 Å². The third kappa shape index (κ3) is 3.25. The number of carbonyl (C=O) groups is 1. The van der Waals surface area contributed by atoms with E-state index in [1.54, 1.807) is 0 Å². The fourth-order valence-electron chi connectivity index (χ4n) is 4.42. The second kappa shape index (κ2) is 7.40. The fraction of sp³-hybridized carbons (Fsp3) is 0.348. The van der Waals surface area contributed by atoms with Crippen LogP contribution in [0.2, 0.25) is 5.02 Å². The SMILES string of the molecule is CCN(CC)C(=O)c1ccc2c(c1)[C@@H]1C=CC[C@@H]1[C@@H](c1ccc(Cl)cc1)N2. The molecule has 0 aromatic heterocycles. The second-order valence-corrected chi connectivity index (χ2v) is 7.74. The average molecular weight is 381 g/mol. The molecule has 0 radical (unpaired) electrons. The van der Waals surface area contributed by atoms with Crippen molar-refractivity contribution in [3.8, 4) is 0 Å². The molecule has 1 aliphatic carbocycles. The maximum atomic E-state index is 12.8. The maximum absolute atomic E-state index is 12.8. The van der Waals surface area contributed by atoms with E-state index >= 15 is 0 Å². The van der Waals surface area contributed by atoms with Crippen LogP contribution < -0.4 is 5.32 Å². The molecular formula is C23H25ClN2O. The molecular weight excluding hydrogens is 356 g/mol. The number of nitrogens with zero attached hydrogens (tertiary/aromatic N) is 1. The molecule has 2 aliphatic rings. The van der Waals surface area contributed by atoms with Gasteiger partial charge < -0.3 is 10.2 Å². The van der Waals surface area contributed by atoms with Crippen LogP contribution >= 0.6 is 11.6 Å². The highest BCUT2D eigenvalue weighted by atomic mass is 35.5. The predicted octanol–water partition coefficient (Wildman–Crippen LogP) is 5.65. The van der Waals surface area contributed by atoms with E-state index in [2.05, 4.69) is 41.7 Å². The third-order valence-corrected chi connectivity index (χ3v) is 6.14. The summed E-state index contributed by atoms with van der Waals surface area (Å²) in [6, 6.07) is 14.5. The van der Waals surface area contributed by atoms with Crippen LogP contribution in [0.15, 0.2) is 54.6 Å². The zero-order valence-electron chi connectivity index (χ0n) is 15.8. The van der Waals surface area contributed by atoms with E-state index in [1.807, 2.05) is 36.9 Å². The molecule has 1 aliphatic heterocycles. The second-order valence-electron chi connectivity index (χ2n) is 7.31. The highest BCUT2D eigenvalue weighted by molar-refractivity contribution is 6.30. The molecule has 2 aromatic rings. The summed E-state index contributed by atoms with van der Waals surface area (Å²) in [5.41, 5.74) is 4.39. The number of rotatable bonds is 4. The van der Waals surface area contributed by atoms with E-state index in [9.17, 15) is 4.79 Å². The standard InChI is InChI=1S/C23H25ClN2O/c1-3-26(4-2)23(27)16-10-13-21-20(14-16)18-6-5-7-19(18)22(25-21)15-8-11-17(24)12-9-15/h5-6,8-14,18-19,22,25H,3-4,7H2,1-2H3/t18-,19+,22-/m1/s1. The van der Waals surface area contributed by atoms with Crippen LogP contribution in [0.4, 0.5) is 5.69 Å². The lowest BCUT2D eigenvalue weighted by Gasteiger charge is -2.38. The van der Waals surface area contributed by atoms with Gasteiger partial charge in [-0.3, -0.25) is 4.79 Å². The number of halogens is 1. The lowest BCUT2D eigenvalue weighted by atomic mass is 9.76. The molecule has 2 aromatic carbocycles. The normalized spacial score (nSPS) is 22.7. The van der Waals surface area contributed by atoms with Crippen molar-refractivity contribution in [3.63, 3.8) is 0 Å². The van der Waals surface area contributed by atoms with Gasteiger partial charge in [0.05, 0.1) is 6.04 Å². The molecule has 0 bridgehead atoms. The Morgan fingerprint density at radius 2 is 1.89 bits per heavy atom. The Labute approximate surface area is 166 Å². The Morgan fingerprint density at radius 1 is 1.15 bits per heavy atom. The number of anilines is 1. The van der Waals surface area contributed by atoms with Gasteiger partial charge in [-0.05, 0) is 67.6 Å². The first-order valence-corrected chi connectivity index (χ1v) is 10.1. The van der Waals surface area contributed by atoms with Gasteiger partial charge in [0, 0.05) is 35.3 Å². The van der Waals surface area contributed by atoms with E-state index in [1.165, 1.54) is 11.1 Å². The van der Waals surface area contributed by atoms with Gasteiger partial charge in [0.25, 0.3) is 5.91 Å². The Morgan fingerprint density at radius 3 is 2.59 bits per heavy atom. The molecule has 27 heavy (non-hydrogen) atoms. The van der Waals surface area contributed by atoms with Crippen molar-refractivity contribution in [2.45, 2.75) is 32.2 Å². The minimum absolute atomic E-state index is 0.112. The predicted molar refractivity (Wildman–Crippen MR) is 111 cm³/mol. The van der Waals surface area contributed by atoms with Gasteiger partial charge in [-0.25, -0.2) is 0 Å². The number of benzene rings is 2. The van der Waals surface area contributed by atoms with Crippen molar-refractivity contribution in [2.24, 2.45) is 5.92 Å². The molecule has 0 saturated carbocycles.